The number of H-pyrrole nitrogens is 1. The second-order valence-corrected chi connectivity index (χ2v) is 7.33. The highest BCUT2D eigenvalue weighted by Crippen LogP contribution is 2.27. The maximum absolute atomic E-state index is 12.5. The summed E-state index contributed by atoms with van der Waals surface area (Å²) in [5, 5.41) is 0.682. The number of hydrogen-bond donors (Lipinski definition) is 1. The number of carbonyl (C=O) groups is 2. The lowest BCUT2D eigenvalue weighted by atomic mass is 9.98. The third-order valence-electron chi connectivity index (χ3n) is 4.68. The Hall–Kier alpha value is -2.03. The molecule has 0 spiro atoms. The minimum Gasteiger partial charge on any atom is -0.450 e. The van der Waals surface area contributed by atoms with E-state index in [1.54, 1.807) is 16.7 Å². The minimum absolute atomic E-state index is 0.00477. The van der Waals surface area contributed by atoms with Crippen LogP contribution in [0.1, 0.15) is 31.0 Å². The molecule has 2 heterocycles. The molecule has 0 aromatic carbocycles. The van der Waals surface area contributed by atoms with E-state index >= 15 is 0 Å². The smallest absolute Gasteiger partial charge is 0.409 e. The summed E-state index contributed by atoms with van der Waals surface area (Å²) in [5.74, 6) is 0.257. The molecule has 0 unspecified atom stereocenters. The monoisotopic (exact) mass is 380 g/mol. The first-order valence-corrected chi connectivity index (χ1v) is 10.0. The number of hydrogen-bond acceptors (Lipinski definition) is 6. The molecule has 1 N–H and O–H groups in total. The van der Waals surface area contributed by atoms with Gasteiger partial charge in [-0.3, -0.25) is 4.79 Å². The molecule has 3 rings (SSSR count). The van der Waals surface area contributed by atoms with Gasteiger partial charge in [0.15, 0.2) is 0 Å². The summed E-state index contributed by atoms with van der Waals surface area (Å²) in [4.78, 5) is 46.2. The lowest BCUT2D eigenvalue weighted by Crippen LogP contribution is -2.51. The Balaban J connectivity index is 1.55. The van der Waals surface area contributed by atoms with Gasteiger partial charge in [0, 0.05) is 37.4 Å². The van der Waals surface area contributed by atoms with Crippen molar-refractivity contribution >= 4 is 23.8 Å². The Bertz CT molecular complexity index is 728. The fourth-order valence-electron chi connectivity index (χ4n) is 3.29. The predicted molar refractivity (Wildman–Crippen MR) is 97.4 cm³/mol. The summed E-state index contributed by atoms with van der Waals surface area (Å²) in [5.41, 5.74) is 1.71. The number of rotatable bonds is 4. The highest BCUT2D eigenvalue weighted by atomic mass is 32.2. The summed E-state index contributed by atoms with van der Waals surface area (Å²) in [6.07, 6.45) is 3.59. The fourth-order valence-corrected chi connectivity index (χ4v) is 4.28. The summed E-state index contributed by atoms with van der Waals surface area (Å²) in [7, 11) is 0. The van der Waals surface area contributed by atoms with E-state index in [0.717, 1.165) is 36.9 Å². The van der Waals surface area contributed by atoms with E-state index < -0.39 is 0 Å². The number of piperazine rings is 1. The minimum atomic E-state index is -0.344. The molecule has 9 heteroatoms. The zero-order valence-electron chi connectivity index (χ0n) is 15.0. The van der Waals surface area contributed by atoms with E-state index in [2.05, 4.69) is 9.97 Å². The number of nitrogens with zero attached hydrogens (tertiary/aromatic N) is 3. The topological polar surface area (TPSA) is 95.6 Å². The van der Waals surface area contributed by atoms with Gasteiger partial charge in [-0.25, -0.2) is 9.59 Å². The highest BCUT2D eigenvalue weighted by molar-refractivity contribution is 7.99. The maximum atomic E-state index is 12.5. The van der Waals surface area contributed by atoms with Crippen molar-refractivity contribution in [3.8, 4) is 0 Å². The molecule has 1 saturated heterocycles. The third kappa shape index (κ3) is 4.38. The SMILES string of the molecule is CCOC(=O)N1CCN(C(=O)CSc2nc(=O)[nH]c3c2CCCC3)CC1. The van der Waals surface area contributed by atoms with Crippen LogP contribution in [0.4, 0.5) is 4.79 Å². The van der Waals surface area contributed by atoms with Gasteiger partial charge in [0.25, 0.3) is 0 Å². The summed E-state index contributed by atoms with van der Waals surface area (Å²) < 4.78 is 4.99. The average Bonchev–Trinajstić information content (AvgIpc) is 2.66. The van der Waals surface area contributed by atoms with Gasteiger partial charge in [0.05, 0.1) is 12.4 Å². The molecule has 0 saturated carbocycles. The molecular formula is C17H24N4O4S. The van der Waals surface area contributed by atoms with Gasteiger partial charge in [-0.15, -0.1) is 0 Å². The highest BCUT2D eigenvalue weighted by Gasteiger charge is 2.25. The number of carbonyl (C=O) groups excluding carboxylic acids is 2. The zero-order chi connectivity index (χ0) is 18.5. The number of nitrogens with one attached hydrogen (secondary N) is 1. The second-order valence-electron chi connectivity index (χ2n) is 6.37. The number of aromatic nitrogens is 2. The zero-order valence-corrected chi connectivity index (χ0v) is 15.8. The van der Waals surface area contributed by atoms with Crippen LogP contribution in [0.2, 0.25) is 0 Å². The number of aromatic amines is 1. The summed E-state index contributed by atoms with van der Waals surface area (Å²) in [6, 6.07) is 0. The first kappa shape index (κ1) is 18.8. The Kier molecular flexibility index (Phi) is 6.18. The van der Waals surface area contributed by atoms with Crippen molar-refractivity contribution in [1.29, 1.82) is 0 Å². The summed E-state index contributed by atoms with van der Waals surface area (Å²) in [6.45, 7) is 4.08. The van der Waals surface area contributed by atoms with Gasteiger partial charge in [-0.05, 0) is 32.6 Å². The molecule has 26 heavy (non-hydrogen) atoms. The van der Waals surface area contributed by atoms with E-state index in [9.17, 15) is 14.4 Å². The second kappa shape index (κ2) is 8.57. The number of ether oxygens (including phenoxy) is 1. The number of aryl methyl sites for hydroxylation is 1. The Morgan fingerprint density at radius 3 is 2.58 bits per heavy atom. The van der Waals surface area contributed by atoms with Gasteiger partial charge in [-0.2, -0.15) is 4.98 Å². The van der Waals surface area contributed by atoms with Crippen LogP contribution in [0.5, 0.6) is 0 Å². The van der Waals surface area contributed by atoms with Gasteiger partial charge >= 0.3 is 11.8 Å². The van der Waals surface area contributed by atoms with Crippen LogP contribution in [-0.4, -0.2) is 70.3 Å². The molecule has 1 aliphatic heterocycles. The van der Waals surface area contributed by atoms with Gasteiger partial charge in [0.2, 0.25) is 5.91 Å². The Labute approximate surface area is 156 Å². The van der Waals surface area contributed by atoms with Crippen molar-refractivity contribution in [3.05, 3.63) is 21.7 Å². The van der Waals surface area contributed by atoms with Crippen molar-refractivity contribution in [1.82, 2.24) is 19.8 Å². The van der Waals surface area contributed by atoms with E-state index in [1.165, 1.54) is 11.8 Å². The molecule has 0 radical (unpaired) electrons. The normalized spacial score (nSPS) is 17.0. The van der Waals surface area contributed by atoms with E-state index in [4.69, 9.17) is 4.74 Å². The fraction of sp³-hybridized carbons (Fsp3) is 0.647. The molecule has 1 aromatic heterocycles. The largest absolute Gasteiger partial charge is 0.450 e. The van der Waals surface area contributed by atoms with Gasteiger partial charge in [0.1, 0.15) is 5.03 Å². The Morgan fingerprint density at radius 1 is 1.15 bits per heavy atom. The van der Waals surface area contributed by atoms with E-state index in [-0.39, 0.29) is 23.4 Å². The molecule has 0 atom stereocenters. The van der Waals surface area contributed by atoms with Crippen LogP contribution in [0, 0.1) is 0 Å². The van der Waals surface area contributed by atoms with Crippen molar-refractivity contribution in [2.75, 3.05) is 38.5 Å². The standard InChI is InChI=1S/C17H24N4O4S/c1-2-25-17(24)21-9-7-20(8-10-21)14(22)11-26-15-12-5-3-4-6-13(12)18-16(23)19-15/h2-11H2,1H3,(H,18,19,23). The van der Waals surface area contributed by atoms with Crippen molar-refractivity contribution in [2.45, 2.75) is 37.6 Å². The van der Waals surface area contributed by atoms with E-state index in [1.807, 2.05) is 0 Å². The average molecular weight is 380 g/mol. The lowest BCUT2D eigenvalue weighted by Gasteiger charge is -2.34. The van der Waals surface area contributed by atoms with Gasteiger partial charge < -0.3 is 19.5 Å². The van der Waals surface area contributed by atoms with Crippen molar-refractivity contribution in [3.63, 3.8) is 0 Å². The van der Waals surface area contributed by atoms with E-state index in [0.29, 0.717) is 37.8 Å². The van der Waals surface area contributed by atoms with Crippen LogP contribution >= 0.6 is 11.8 Å². The molecule has 142 valence electrons. The Morgan fingerprint density at radius 2 is 1.85 bits per heavy atom. The van der Waals surface area contributed by atoms with Crippen molar-refractivity contribution in [2.24, 2.45) is 0 Å². The first-order chi connectivity index (χ1) is 12.6. The molecule has 0 bridgehead atoms. The molecule has 8 nitrogen and oxygen atoms in total. The molecule has 2 amide bonds. The molecule has 2 aliphatic rings. The van der Waals surface area contributed by atoms with Crippen LogP contribution in [0.3, 0.4) is 0 Å². The quantitative estimate of drug-likeness (QED) is 0.619. The third-order valence-corrected chi connectivity index (χ3v) is 5.68. The number of amides is 2. The van der Waals surface area contributed by atoms with Crippen LogP contribution < -0.4 is 5.69 Å². The summed E-state index contributed by atoms with van der Waals surface area (Å²) >= 11 is 1.34. The van der Waals surface area contributed by atoms with Crippen molar-refractivity contribution < 1.29 is 14.3 Å². The number of fused-ring (bicyclic) bond motifs is 1. The number of thioether (sulfide) groups is 1. The predicted octanol–water partition coefficient (Wildman–Crippen LogP) is 1.04. The van der Waals surface area contributed by atoms with Crippen LogP contribution in [0.15, 0.2) is 9.82 Å². The first-order valence-electron chi connectivity index (χ1n) is 9.03. The maximum Gasteiger partial charge on any atom is 0.409 e. The molecule has 1 aromatic rings. The molecule has 1 aliphatic carbocycles. The van der Waals surface area contributed by atoms with Gasteiger partial charge in [-0.1, -0.05) is 11.8 Å². The molecular weight excluding hydrogens is 356 g/mol. The molecule has 1 fully saturated rings. The van der Waals surface area contributed by atoms with Crippen LogP contribution in [0.25, 0.3) is 0 Å². The van der Waals surface area contributed by atoms with Crippen LogP contribution in [-0.2, 0) is 22.4 Å². The lowest BCUT2D eigenvalue weighted by molar-refractivity contribution is -0.129.